The molecule has 0 heterocycles. The Hall–Kier alpha value is -2.38. The molecule has 0 saturated carbocycles. The van der Waals surface area contributed by atoms with Crippen molar-refractivity contribution >= 4 is 27.9 Å². The summed E-state index contributed by atoms with van der Waals surface area (Å²) in [5, 5.41) is 0. The molecule has 0 fully saturated rings. The monoisotopic (exact) mass is 464 g/mol. The van der Waals surface area contributed by atoms with E-state index in [-0.39, 0.29) is 6.61 Å². The van der Waals surface area contributed by atoms with Crippen LogP contribution in [0, 0.1) is 5.92 Å². The van der Waals surface area contributed by atoms with E-state index in [1.54, 1.807) is 36.4 Å². The van der Waals surface area contributed by atoms with Gasteiger partial charge in [0.25, 0.3) is 0 Å². The summed E-state index contributed by atoms with van der Waals surface area (Å²) in [6.45, 7) is 5.23. The van der Waals surface area contributed by atoms with Crippen LogP contribution in [0.15, 0.2) is 46.9 Å². The smallest absolute Gasteiger partial charge is 0.347 e. The highest BCUT2D eigenvalue weighted by molar-refractivity contribution is 9.10. The van der Waals surface area contributed by atoms with Crippen LogP contribution in [0.3, 0.4) is 0 Å². The minimum atomic E-state index is -0.540. The third kappa shape index (κ3) is 7.51. The fourth-order valence-corrected chi connectivity index (χ4v) is 2.68. The van der Waals surface area contributed by atoms with Crippen LogP contribution >= 0.6 is 15.9 Å². The minimum absolute atomic E-state index is 0.175. The van der Waals surface area contributed by atoms with Gasteiger partial charge in [-0.2, -0.15) is 0 Å². The molecule has 0 aromatic heterocycles. The molecular formula is C22H25BrO6. The van der Waals surface area contributed by atoms with Crippen molar-refractivity contribution in [3.8, 4) is 11.5 Å². The van der Waals surface area contributed by atoms with Crippen molar-refractivity contribution in [2.75, 3.05) is 26.9 Å². The molecule has 29 heavy (non-hydrogen) atoms. The fourth-order valence-electron chi connectivity index (χ4n) is 2.31. The van der Waals surface area contributed by atoms with Crippen LogP contribution in [0.4, 0.5) is 0 Å². The molecule has 156 valence electrons. The standard InChI is InChI=1S/C22H25BrO6/c1-15(2)10-11-27-20-9-6-17(23)14-19(20)22(25)29-18-7-4-16(5-8-18)21(24)28-13-12-26-3/h4-9,14-15H,10-13H2,1-3H3. The highest BCUT2D eigenvalue weighted by Crippen LogP contribution is 2.25. The van der Waals surface area contributed by atoms with E-state index in [1.165, 1.54) is 7.11 Å². The van der Waals surface area contributed by atoms with Crippen molar-refractivity contribution in [2.24, 2.45) is 5.92 Å². The van der Waals surface area contributed by atoms with Crippen LogP contribution < -0.4 is 9.47 Å². The first kappa shape index (κ1) is 22.9. The zero-order valence-electron chi connectivity index (χ0n) is 16.8. The Balaban J connectivity index is 2.04. The van der Waals surface area contributed by atoms with Crippen molar-refractivity contribution in [1.82, 2.24) is 0 Å². The topological polar surface area (TPSA) is 71.1 Å². The molecule has 0 aliphatic heterocycles. The van der Waals surface area contributed by atoms with E-state index in [4.69, 9.17) is 18.9 Å². The van der Waals surface area contributed by atoms with Crippen LogP contribution in [0.1, 0.15) is 41.0 Å². The summed E-state index contributed by atoms with van der Waals surface area (Å²) >= 11 is 3.37. The molecule has 2 aromatic carbocycles. The van der Waals surface area contributed by atoms with E-state index in [9.17, 15) is 9.59 Å². The Morgan fingerprint density at radius 1 is 0.966 bits per heavy atom. The number of halogens is 1. The number of ether oxygens (including phenoxy) is 4. The van der Waals surface area contributed by atoms with Gasteiger partial charge >= 0.3 is 11.9 Å². The predicted molar refractivity (Wildman–Crippen MR) is 113 cm³/mol. The van der Waals surface area contributed by atoms with Gasteiger partial charge in [-0.3, -0.25) is 0 Å². The maximum absolute atomic E-state index is 12.6. The Kier molecular flexibility index (Phi) is 9.15. The summed E-state index contributed by atoms with van der Waals surface area (Å²) in [4.78, 5) is 24.5. The Morgan fingerprint density at radius 2 is 1.69 bits per heavy atom. The van der Waals surface area contributed by atoms with Gasteiger partial charge in [-0.1, -0.05) is 29.8 Å². The first-order valence-electron chi connectivity index (χ1n) is 9.31. The average Bonchev–Trinajstić information content (AvgIpc) is 2.69. The SMILES string of the molecule is COCCOC(=O)c1ccc(OC(=O)c2cc(Br)ccc2OCCC(C)C)cc1. The molecule has 7 heteroatoms. The predicted octanol–water partition coefficient (Wildman–Crippen LogP) is 4.90. The summed E-state index contributed by atoms with van der Waals surface area (Å²) in [5.74, 6) is 0.281. The first-order valence-corrected chi connectivity index (χ1v) is 10.1. The molecule has 0 spiro atoms. The molecule has 0 atom stereocenters. The second kappa shape index (κ2) is 11.6. The van der Waals surface area contributed by atoms with E-state index in [0.29, 0.717) is 41.8 Å². The van der Waals surface area contributed by atoms with Crippen molar-refractivity contribution in [3.05, 3.63) is 58.1 Å². The largest absolute Gasteiger partial charge is 0.493 e. The number of esters is 2. The molecule has 0 amide bonds. The van der Waals surface area contributed by atoms with Crippen molar-refractivity contribution in [1.29, 1.82) is 0 Å². The fraction of sp³-hybridized carbons (Fsp3) is 0.364. The lowest BCUT2D eigenvalue weighted by Gasteiger charge is -2.13. The molecule has 0 aliphatic rings. The van der Waals surface area contributed by atoms with Gasteiger partial charge in [-0.15, -0.1) is 0 Å². The third-order valence-corrected chi connectivity index (χ3v) is 4.43. The van der Waals surface area contributed by atoms with Gasteiger partial charge < -0.3 is 18.9 Å². The van der Waals surface area contributed by atoms with Crippen molar-refractivity contribution in [2.45, 2.75) is 20.3 Å². The van der Waals surface area contributed by atoms with Gasteiger partial charge in [-0.25, -0.2) is 9.59 Å². The summed E-state index contributed by atoms with van der Waals surface area (Å²) in [5.41, 5.74) is 0.687. The zero-order valence-corrected chi connectivity index (χ0v) is 18.4. The normalized spacial score (nSPS) is 10.7. The quantitative estimate of drug-likeness (QED) is 0.283. The second-order valence-electron chi connectivity index (χ2n) is 6.71. The molecule has 0 bridgehead atoms. The van der Waals surface area contributed by atoms with E-state index >= 15 is 0 Å². The number of rotatable bonds is 10. The van der Waals surface area contributed by atoms with E-state index < -0.39 is 11.9 Å². The summed E-state index contributed by atoms with van der Waals surface area (Å²) in [6.07, 6.45) is 0.881. The molecule has 0 N–H and O–H groups in total. The maximum Gasteiger partial charge on any atom is 0.347 e. The van der Waals surface area contributed by atoms with Crippen LogP contribution in [0.25, 0.3) is 0 Å². The van der Waals surface area contributed by atoms with Gasteiger partial charge in [0.15, 0.2) is 0 Å². The molecule has 0 radical (unpaired) electrons. The highest BCUT2D eigenvalue weighted by Gasteiger charge is 2.17. The van der Waals surface area contributed by atoms with Crippen LogP contribution in [0.2, 0.25) is 0 Å². The number of hydrogen-bond acceptors (Lipinski definition) is 6. The molecule has 0 saturated heterocycles. The Bertz CT molecular complexity index is 817. The van der Waals surface area contributed by atoms with Crippen molar-refractivity contribution in [3.63, 3.8) is 0 Å². The minimum Gasteiger partial charge on any atom is -0.493 e. The Labute approximate surface area is 179 Å². The van der Waals surface area contributed by atoms with Gasteiger partial charge in [0.2, 0.25) is 0 Å². The lowest BCUT2D eigenvalue weighted by Crippen LogP contribution is -2.12. The van der Waals surface area contributed by atoms with Crippen LogP contribution in [0.5, 0.6) is 11.5 Å². The van der Waals surface area contributed by atoms with E-state index in [0.717, 1.165) is 10.9 Å². The van der Waals surface area contributed by atoms with Crippen LogP contribution in [-0.4, -0.2) is 38.9 Å². The molecule has 2 aromatic rings. The van der Waals surface area contributed by atoms with Gasteiger partial charge in [0, 0.05) is 11.6 Å². The number of carbonyl (C=O) groups excluding carboxylic acids is 2. The van der Waals surface area contributed by atoms with Gasteiger partial charge in [0.05, 0.1) is 18.8 Å². The van der Waals surface area contributed by atoms with Crippen molar-refractivity contribution < 1.29 is 28.5 Å². The van der Waals surface area contributed by atoms with E-state index in [2.05, 4.69) is 29.8 Å². The number of benzene rings is 2. The Morgan fingerprint density at radius 3 is 2.34 bits per heavy atom. The zero-order chi connectivity index (χ0) is 21.2. The average molecular weight is 465 g/mol. The molecular weight excluding hydrogens is 440 g/mol. The number of methoxy groups -OCH3 is 1. The lowest BCUT2D eigenvalue weighted by atomic mass is 10.1. The number of hydrogen-bond donors (Lipinski definition) is 0. The second-order valence-corrected chi connectivity index (χ2v) is 7.63. The summed E-state index contributed by atoms with van der Waals surface area (Å²) in [6, 6.07) is 11.4. The maximum atomic E-state index is 12.6. The van der Waals surface area contributed by atoms with Crippen LogP contribution in [-0.2, 0) is 9.47 Å². The number of carbonyl (C=O) groups is 2. The van der Waals surface area contributed by atoms with Gasteiger partial charge in [0.1, 0.15) is 23.7 Å². The molecule has 2 rings (SSSR count). The summed E-state index contributed by atoms with van der Waals surface area (Å²) in [7, 11) is 1.53. The first-order chi connectivity index (χ1) is 13.9. The molecule has 0 unspecified atom stereocenters. The third-order valence-electron chi connectivity index (χ3n) is 3.94. The summed E-state index contributed by atoms with van der Waals surface area (Å²) < 4.78 is 21.8. The lowest BCUT2D eigenvalue weighted by molar-refractivity contribution is 0.0388. The highest BCUT2D eigenvalue weighted by atomic mass is 79.9. The van der Waals surface area contributed by atoms with E-state index in [1.807, 2.05) is 6.07 Å². The van der Waals surface area contributed by atoms with Gasteiger partial charge in [-0.05, 0) is 54.8 Å². The molecule has 6 nitrogen and oxygen atoms in total. The molecule has 0 aliphatic carbocycles.